The third-order valence-corrected chi connectivity index (χ3v) is 6.35. The minimum Gasteiger partial charge on any atom is -0.347 e. The zero-order valence-electron chi connectivity index (χ0n) is 17.5. The summed E-state index contributed by atoms with van der Waals surface area (Å²) < 4.78 is 2.28. The van der Waals surface area contributed by atoms with Crippen LogP contribution >= 0.6 is 0 Å². The molecule has 2 N–H and O–H groups in total. The number of carbonyl (C=O) groups is 1. The van der Waals surface area contributed by atoms with Gasteiger partial charge in [-0.3, -0.25) is 4.79 Å². The Morgan fingerprint density at radius 2 is 1.87 bits per heavy atom. The molecule has 1 amide bonds. The molecule has 4 nitrogen and oxygen atoms in total. The topological polar surface area (TPSA) is 46.1 Å². The van der Waals surface area contributed by atoms with E-state index in [4.69, 9.17) is 0 Å². The van der Waals surface area contributed by atoms with Crippen LogP contribution in [0.2, 0.25) is 0 Å². The van der Waals surface area contributed by atoms with Gasteiger partial charge in [0.2, 0.25) is 0 Å². The molecule has 1 saturated heterocycles. The van der Waals surface area contributed by atoms with Gasteiger partial charge < -0.3 is 15.2 Å². The highest BCUT2D eigenvalue weighted by atomic mass is 16.1. The molecule has 2 heterocycles. The Morgan fingerprint density at radius 1 is 1.07 bits per heavy atom. The van der Waals surface area contributed by atoms with Gasteiger partial charge in [-0.15, -0.1) is 0 Å². The van der Waals surface area contributed by atoms with Crippen LogP contribution in [-0.4, -0.2) is 23.6 Å². The summed E-state index contributed by atoms with van der Waals surface area (Å²) in [5.41, 5.74) is 4.06. The SMILES string of the molecule is Cc1ccc2c(ccn2CC2CNC2)c1C(=O)N[C@H](C)c1cccc2ccccc12. The highest BCUT2D eigenvalue weighted by molar-refractivity contribution is 6.08. The van der Waals surface area contributed by atoms with Gasteiger partial charge in [0.1, 0.15) is 0 Å². The third-order valence-electron chi connectivity index (χ3n) is 6.35. The van der Waals surface area contributed by atoms with E-state index in [0.29, 0.717) is 5.92 Å². The van der Waals surface area contributed by atoms with E-state index < -0.39 is 0 Å². The molecule has 1 aliphatic heterocycles. The van der Waals surface area contributed by atoms with Crippen LogP contribution in [0.25, 0.3) is 21.7 Å². The second-order valence-electron chi connectivity index (χ2n) is 8.45. The molecule has 30 heavy (non-hydrogen) atoms. The van der Waals surface area contributed by atoms with Gasteiger partial charge >= 0.3 is 0 Å². The van der Waals surface area contributed by atoms with E-state index in [-0.39, 0.29) is 11.9 Å². The first-order valence-corrected chi connectivity index (χ1v) is 10.7. The van der Waals surface area contributed by atoms with E-state index in [0.717, 1.165) is 47.2 Å². The number of fused-ring (bicyclic) bond motifs is 2. The fourth-order valence-corrected chi connectivity index (χ4v) is 4.57. The predicted octanol–water partition coefficient (Wildman–Crippen LogP) is 4.81. The molecule has 0 unspecified atom stereocenters. The monoisotopic (exact) mass is 397 g/mol. The molecule has 4 aromatic rings. The summed E-state index contributed by atoms with van der Waals surface area (Å²) in [4.78, 5) is 13.4. The number of aryl methyl sites for hydroxylation is 1. The van der Waals surface area contributed by atoms with Gasteiger partial charge in [0.25, 0.3) is 5.91 Å². The Bertz CT molecular complexity index is 1230. The zero-order valence-corrected chi connectivity index (χ0v) is 17.5. The van der Waals surface area contributed by atoms with Gasteiger partial charge in [-0.05, 0) is 47.9 Å². The van der Waals surface area contributed by atoms with Crippen molar-refractivity contribution in [2.45, 2.75) is 26.4 Å². The van der Waals surface area contributed by atoms with E-state index >= 15 is 0 Å². The number of carbonyl (C=O) groups excluding carboxylic acids is 1. The summed E-state index contributed by atoms with van der Waals surface area (Å²) in [6, 6.07) is 20.8. The van der Waals surface area contributed by atoms with E-state index in [2.05, 4.69) is 76.9 Å². The van der Waals surface area contributed by atoms with Gasteiger partial charge in [0, 0.05) is 42.7 Å². The van der Waals surface area contributed by atoms with Crippen molar-refractivity contribution in [2.75, 3.05) is 13.1 Å². The predicted molar refractivity (Wildman–Crippen MR) is 123 cm³/mol. The normalized spacial score (nSPS) is 15.3. The van der Waals surface area contributed by atoms with Crippen molar-refractivity contribution in [2.24, 2.45) is 5.92 Å². The second-order valence-corrected chi connectivity index (χ2v) is 8.45. The first-order valence-electron chi connectivity index (χ1n) is 10.7. The zero-order chi connectivity index (χ0) is 20.7. The van der Waals surface area contributed by atoms with Crippen molar-refractivity contribution in [3.63, 3.8) is 0 Å². The van der Waals surface area contributed by atoms with Crippen LogP contribution in [0.3, 0.4) is 0 Å². The highest BCUT2D eigenvalue weighted by Gasteiger charge is 2.21. The number of nitrogens with zero attached hydrogens (tertiary/aromatic N) is 1. The fourth-order valence-electron chi connectivity index (χ4n) is 4.57. The molecule has 3 aromatic carbocycles. The minimum absolute atomic E-state index is 0.0124. The minimum atomic E-state index is -0.0820. The molecular formula is C26H27N3O. The summed E-state index contributed by atoms with van der Waals surface area (Å²) in [6.07, 6.45) is 2.12. The standard InChI is InChI=1S/C26H27N3O/c1-17-10-11-24-23(12-13-29(24)16-19-14-27-15-19)25(17)26(30)28-18(2)21-9-5-7-20-6-3-4-8-22(20)21/h3-13,18-19,27H,14-16H2,1-2H3,(H,28,30)/t18-/m1/s1. The molecule has 0 spiro atoms. The Labute approximate surface area is 176 Å². The molecule has 1 atom stereocenters. The number of benzene rings is 3. The van der Waals surface area contributed by atoms with Crippen LogP contribution in [0.4, 0.5) is 0 Å². The number of rotatable bonds is 5. The molecule has 4 heteroatoms. The number of hydrogen-bond donors (Lipinski definition) is 2. The molecule has 1 aliphatic rings. The lowest BCUT2D eigenvalue weighted by molar-refractivity contribution is 0.0941. The summed E-state index contributed by atoms with van der Waals surface area (Å²) in [7, 11) is 0. The number of hydrogen-bond acceptors (Lipinski definition) is 2. The average Bonchev–Trinajstić information content (AvgIpc) is 3.12. The van der Waals surface area contributed by atoms with Gasteiger partial charge in [-0.25, -0.2) is 0 Å². The van der Waals surface area contributed by atoms with E-state index in [1.54, 1.807) is 0 Å². The van der Waals surface area contributed by atoms with Crippen LogP contribution in [-0.2, 0) is 6.54 Å². The van der Waals surface area contributed by atoms with E-state index in [9.17, 15) is 4.79 Å². The van der Waals surface area contributed by atoms with E-state index in [1.807, 2.05) is 19.1 Å². The van der Waals surface area contributed by atoms with E-state index in [1.165, 1.54) is 10.8 Å². The first-order chi connectivity index (χ1) is 14.6. The maximum absolute atomic E-state index is 13.4. The number of aromatic nitrogens is 1. The largest absolute Gasteiger partial charge is 0.347 e. The number of amides is 1. The van der Waals surface area contributed by atoms with Gasteiger partial charge in [0.15, 0.2) is 0 Å². The van der Waals surface area contributed by atoms with Gasteiger partial charge in [0.05, 0.1) is 11.6 Å². The molecule has 0 aliphatic carbocycles. The van der Waals surface area contributed by atoms with Crippen LogP contribution < -0.4 is 10.6 Å². The lowest BCUT2D eigenvalue weighted by Gasteiger charge is -2.27. The lowest BCUT2D eigenvalue weighted by atomic mass is 9.98. The third kappa shape index (κ3) is 3.27. The summed E-state index contributed by atoms with van der Waals surface area (Å²) >= 11 is 0. The smallest absolute Gasteiger partial charge is 0.252 e. The molecular weight excluding hydrogens is 370 g/mol. The Kier molecular flexibility index (Phi) is 4.80. The van der Waals surface area contributed by atoms with Gasteiger partial charge in [-0.2, -0.15) is 0 Å². The molecule has 0 radical (unpaired) electrons. The van der Waals surface area contributed by atoms with Crippen molar-refractivity contribution in [3.05, 3.63) is 83.6 Å². The molecule has 1 fully saturated rings. The maximum atomic E-state index is 13.4. The summed E-state index contributed by atoms with van der Waals surface area (Å²) in [5.74, 6) is 0.659. The number of nitrogens with one attached hydrogen (secondary N) is 2. The van der Waals surface area contributed by atoms with Crippen LogP contribution in [0.1, 0.15) is 34.5 Å². The first kappa shape index (κ1) is 18.9. The van der Waals surface area contributed by atoms with Crippen LogP contribution in [0, 0.1) is 12.8 Å². The molecule has 1 aromatic heterocycles. The summed E-state index contributed by atoms with van der Waals surface area (Å²) in [5, 5.41) is 9.99. The fraction of sp³-hybridized carbons (Fsp3) is 0.269. The highest BCUT2D eigenvalue weighted by Crippen LogP contribution is 2.27. The van der Waals surface area contributed by atoms with Crippen molar-refractivity contribution >= 4 is 27.6 Å². The van der Waals surface area contributed by atoms with Crippen LogP contribution in [0.5, 0.6) is 0 Å². The van der Waals surface area contributed by atoms with Crippen molar-refractivity contribution in [3.8, 4) is 0 Å². The van der Waals surface area contributed by atoms with Crippen molar-refractivity contribution in [1.82, 2.24) is 15.2 Å². The quantitative estimate of drug-likeness (QED) is 0.507. The Hall–Kier alpha value is -3.11. The van der Waals surface area contributed by atoms with Crippen molar-refractivity contribution < 1.29 is 4.79 Å². The Balaban J connectivity index is 1.46. The molecule has 152 valence electrons. The molecule has 0 saturated carbocycles. The van der Waals surface area contributed by atoms with Gasteiger partial charge in [-0.1, -0.05) is 48.5 Å². The molecule has 5 rings (SSSR count). The maximum Gasteiger partial charge on any atom is 0.252 e. The lowest BCUT2D eigenvalue weighted by Crippen LogP contribution is -2.44. The molecule has 0 bridgehead atoms. The van der Waals surface area contributed by atoms with Crippen LogP contribution in [0.15, 0.2) is 66.9 Å². The Morgan fingerprint density at radius 3 is 2.67 bits per heavy atom. The van der Waals surface area contributed by atoms with Crippen molar-refractivity contribution in [1.29, 1.82) is 0 Å². The second kappa shape index (κ2) is 7.62. The average molecular weight is 398 g/mol. The summed E-state index contributed by atoms with van der Waals surface area (Å²) in [6.45, 7) is 7.21.